The number of ether oxygens (including phenoxy) is 3. The lowest BCUT2D eigenvalue weighted by Gasteiger charge is -2.31. The fraction of sp³-hybridized carbons (Fsp3) is 0.409. The zero-order valence-electron chi connectivity index (χ0n) is 18.7. The number of carbonyl (C=O) groups is 1. The predicted octanol–water partition coefficient (Wildman–Crippen LogP) is 1.88. The highest BCUT2D eigenvalue weighted by Gasteiger charge is 2.39. The largest absolute Gasteiger partial charge is 0.497 e. The molecule has 3 rings (SSSR count). The van der Waals surface area contributed by atoms with Crippen LogP contribution >= 0.6 is 0 Å². The highest BCUT2D eigenvalue weighted by atomic mass is 16.5. The Hall–Kier alpha value is -3.49. The number of nitrogens with zero attached hydrogens (tertiary/aromatic N) is 2. The van der Waals surface area contributed by atoms with Crippen LogP contribution in [0, 0.1) is 0 Å². The molecule has 2 heterocycles. The van der Waals surface area contributed by atoms with Gasteiger partial charge in [0.05, 0.1) is 37.4 Å². The van der Waals surface area contributed by atoms with Crippen LogP contribution in [0.1, 0.15) is 37.8 Å². The standard InChI is InChI=1S/C22H27N3O6/c1-11(2)31-21(27)16-12(3)23-19-18(20(26)25(5)22(28)24(19)4)17(16)14-10-13(29-6)8-9-15(14)30-7/h8-11,17,23H,1-7H3. The van der Waals surface area contributed by atoms with E-state index in [0.29, 0.717) is 28.6 Å². The SMILES string of the molecule is COc1ccc(OC)c(C2C(C(=O)OC(C)C)=C(C)Nc3c2c(=O)n(C)c(=O)n3C)c1. The van der Waals surface area contributed by atoms with Gasteiger partial charge in [0.1, 0.15) is 17.3 Å². The second kappa shape index (κ2) is 8.33. The fourth-order valence-corrected chi connectivity index (χ4v) is 3.81. The molecule has 1 unspecified atom stereocenters. The van der Waals surface area contributed by atoms with Gasteiger partial charge in [-0.15, -0.1) is 0 Å². The third-order valence-corrected chi connectivity index (χ3v) is 5.30. The van der Waals surface area contributed by atoms with E-state index in [0.717, 1.165) is 4.57 Å². The number of allylic oxidation sites excluding steroid dienone is 1. The monoisotopic (exact) mass is 429 g/mol. The number of aromatic nitrogens is 2. The minimum absolute atomic E-state index is 0.248. The smallest absolute Gasteiger partial charge is 0.337 e. The van der Waals surface area contributed by atoms with E-state index in [9.17, 15) is 14.4 Å². The summed E-state index contributed by atoms with van der Waals surface area (Å²) in [5, 5.41) is 3.06. The first-order chi connectivity index (χ1) is 14.6. The molecule has 0 bridgehead atoms. The summed E-state index contributed by atoms with van der Waals surface area (Å²) in [4.78, 5) is 39.0. The summed E-state index contributed by atoms with van der Waals surface area (Å²) in [6, 6.07) is 5.16. The molecule has 1 aromatic carbocycles. The summed E-state index contributed by atoms with van der Waals surface area (Å²) >= 11 is 0. The molecule has 31 heavy (non-hydrogen) atoms. The van der Waals surface area contributed by atoms with Gasteiger partial charge in [-0.1, -0.05) is 0 Å². The Bertz CT molecular complexity index is 1190. The Morgan fingerprint density at radius 1 is 1.10 bits per heavy atom. The zero-order chi connectivity index (χ0) is 23.0. The van der Waals surface area contributed by atoms with Gasteiger partial charge in [0.25, 0.3) is 5.56 Å². The average Bonchev–Trinajstić information content (AvgIpc) is 2.74. The Morgan fingerprint density at radius 3 is 2.35 bits per heavy atom. The Balaban J connectivity index is 2.43. The van der Waals surface area contributed by atoms with Crippen molar-refractivity contribution in [2.75, 3.05) is 19.5 Å². The Labute approximate surface area is 179 Å². The van der Waals surface area contributed by atoms with Crippen molar-refractivity contribution in [1.29, 1.82) is 0 Å². The number of benzene rings is 1. The summed E-state index contributed by atoms with van der Waals surface area (Å²) in [6.07, 6.45) is -0.356. The molecule has 1 atom stereocenters. The van der Waals surface area contributed by atoms with E-state index >= 15 is 0 Å². The number of methoxy groups -OCH3 is 2. The normalized spacial score (nSPS) is 15.4. The molecule has 1 aliphatic heterocycles. The minimum atomic E-state index is -0.835. The molecule has 0 amide bonds. The maximum absolute atomic E-state index is 13.3. The molecule has 1 aromatic heterocycles. The quantitative estimate of drug-likeness (QED) is 0.725. The lowest BCUT2D eigenvalue weighted by Crippen LogP contribution is -2.43. The number of rotatable bonds is 5. The highest BCUT2D eigenvalue weighted by molar-refractivity contribution is 5.94. The second-order valence-electron chi connectivity index (χ2n) is 7.63. The molecule has 0 saturated heterocycles. The lowest BCUT2D eigenvalue weighted by molar-refractivity contribution is -0.143. The van der Waals surface area contributed by atoms with Gasteiger partial charge in [0.15, 0.2) is 0 Å². The van der Waals surface area contributed by atoms with E-state index in [1.54, 1.807) is 46.0 Å². The molecule has 9 heteroatoms. The van der Waals surface area contributed by atoms with Gasteiger partial charge in [-0.05, 0) is 39.0 Å². The van der Waals surface area contributed by atoms with Crippen molar-refractivity contribution in [3.63, 3.8) is 0 Å². The molecule has 9 nitrogen and oxygen atoms in total. The van der Waals surface area contributed by atoms with Gasteiger partial charge in [-0.25, -0.2) is 9.59 Å². The molecule has 0 aliphatic carbocycles. The molecule has 0 radical (unpaired) electrons. The van der Waals surface area contributed by atoms with Gasteiger partial charge in [0, 0.05) is 25.4 Å². The predicted molar refractivity (Wildman–Crippen MR) is 116 cm³/mol. The number of anilines is 1. The molecular formula is C22H27N3O6. The van der Waals surface area contributed by atoms with Crippen molar-refractivity contribution in [1.82, 2.24) is 9.13 Å². The van der Waals surface area contributed by atoms with Crippen LogP contribution in [0.4, 0.5) is 5.82 Å². The summed E-state index contributed by atoms with van der Waals surface area (Å²) in [6.45, 7) is 5.21. The Kier molecular flexibility index (Phi) is 5.97. The van der Waals surface area contributed by atoms with Crippen molar-refractivity contribution < 1.29 is 19.0 Å². The number of nitrogens with one attached hydrogen (secondary N) is 1. The number of hydrogen-bond acceptors (Lipinski definition) is 7. The summed E-state index contributed by atoms with van der Waals surface area (Å²) in [5.74, 6) is -0.0694. The number of hydrogen-bond donors (Lipinski definition) is 1. The van der Waals surface area contributed by atoms with Crippen LogP contribution in [-0.2, 0) is 23.6 Å². The molecule has 2 aromatic rings. The van der Waals surface area contributed by atoms with Crippen LogP contribution in [0.25, 0.3) is 0 Å². The van der Waals surface area contributed by atoms with Crippen LogP contribution < -0.4 is 26.0 Å². The number of carbonyl (C=O) groups excluding carboxylic acids is 1. The summed E-state index contributed by atoms with van der Waals surface area (Å²) < 4.78 is 18.8. The lowest BCUT2D eigenvalue weighted by atomic mass is 9.81. The van der Waals surface area contributed by atoms with Crippen LogP contribution in [0.3, 0.4) is 0 Å². The molecule has 0 spiro atoms. The van der Waals surface area contributed by atoms with Crippen molar-refractivity contribution in [2.24, 2.45) is 14.1 Å². The number of esters is 1. The van der Waals surface area contributed by atoms with Gasteiger partial charge < -0.3 is 19.5 Å². The van der Waals surface area contributed by atoms with E-state index in [1.165, 1.54) is 25.8 Å². The van der Waals surface area contributed by atoms with Gasteiger partial charge in [-0.3, -0.25) is 13.9 Å². The maximum atomic E-state index is 13.3. The van der Waals surface area contributed by atoms with Gasteiger partial charge in [0.2, 0.25) is 0 Å². The van der Waals surface area contributed by atoms with Gasteiger partial charge in [-0.2, -0.15) is 0 Å². The molecule has 1 aliphatic rings. The third kappa shape index (κ3) is 3.71. The highest BCUT2D eigenvalue weighted by Crippen LogP contribution is 2.44. The maximum Gasteiger partial charge on any atom is 0.337 e. The van der Waals surface area contributed by atoms with Crippen molar-refractivity contribution in [3.8, 4) is 11.5 Å². The summed E-state index contributed by atoms with van der Waals surface area (Å²) in [7, 11) is 6.01. The van der Waals surface area contributed by atoms with Crippen molar-refractivity contribution >= 4 is 11.8 Å². The molecule has 0 fully saturated rings. The van der Waals surface area contributed by atoms with Crippen LogP contribution in [0.15, 0.2) is 39.1 Å². The topological polar surface area (TPSA) is 101 Å². The summed E-state index contributed by atoms with van der Waals surface area (Å²) in [5.41, 5.74) is 0.559. The molecular weight excluding hydrogens is 402 g/mol. The Morgan fingerprint density at radius 2 is 1.77 bits per heavy atom. The minimum Gasteiger partial charge on any atom is -0.497 e. The van der Waals surface area contributed by atoms with E-state index in [4.69, 9.17) is 14.2 Å². The zero-order valence-corrected chi connectivity index (χ0v) is 18.7. The van der Waals surface area contributed by atoms with E-state index < -0.39 is 23.1 Å². The van der Waals surface area contributed by atoms with E-state index in [2.05, 4.69) is 5.32 Å². The molecule has 1 N–H and O–H groups in total. The van der Waals surface area contributed by atoms with E-state index in [-0.39, 0.29) is 17.2 Å². The first-order valence-corrected chi connectivity index (χ1v) is 9.82. The van der Waals surface area contributed by atoms with Crippen molar-refractivity contribution in [2.45, 2.75) is 32.8 Å². The van der Waals surface area contributed by atoms with Crippen LogP contribution in [-0.4, -0.2) is 35.4 Å². The number of fused-ring (bicyclic) bond motifs is 1. The molecule has 166 valence electrons. The third-order valence-electron chi connectivity index (χ3n) is 5.30. The second-order valence-corrected chi connectivity index (χ2v) is 7.63. The fourth-order valence-electron chi connectivity index (χ4n) is 3.81. The van der Waals surface area contributed by atoms with E-state index in [1.807, 2.05) is 0 Å². The van der Waals surface area contributed by atoms with Gasteiger partial charge >= 0.3 is 11.7 Å². The van der Waals surface area contributed by atoms with Crippen LogP contribution in [0.2, 0.25) is 0 Å². The molecule has 0 saturated carbocycles. The average molecular weight is 429 g/mol. The van der Waals surface area contributed by atoms with Crippen molar-refractivity contribution in [3.05, 3.63) is 61.4 Å². The van der Waals surface area contributed by atoms with Crippen LogP contribution in [0.5, 0.6) is 11.5 Å². The first-order valence-electron chi connectivity index (χ1n) is 9.82. The first kappa shape index (κ1) is 22.2.